The molecule has 0 spiro atoms. The van der Waals surface area contributed by atoms with E-state index in [9.17, 15) is 19.1 Å². The van der Waals surface area contributed by atoms with Crippen molar-refractivity contribution < 1.29 is 13.9 Å². The molecule has 1 fully saturated rings. The van der Waals surface area contributed by atoms with Crippen molar-refractivity contribution in [3.05, 3.63) is 99.6 Å². The predicted molar refractivity (Wildman–Crippen MR) is 137 cm³/mol. The molecule has 2 aliphatic rings. The number of carbonyl (C=O) groups excluding carboxylic acids is 1. The Kier molecular flexibility index (Phi) is 6.52. The van der Waals surface area contributed by atoms with Crippen molar-refractivity contribution in [2.75, 3.05) is 29.9 Å². The molecule has 0 aliphatic carbocycles. The van der Waals surface area contributed by atoms with Crippen LogP contribution < -0.4 is 5.32 Å². The Morgan fingerprint density at radius 2 is 1.77 bits per heavy atom. The number of carbonyl (C=O) groups is 1. The summed E-state index contributed by atoms with van der Waals surface area (Å²) in [6.07, 6.45) is 0. The molecule has 0 bridgehead atoms. The van der Waals surface area contributed by atoms with E-state index >= 15 is 0 Å². The van der Waals surface area contributed by atoms with Gasteiger partial charge >= 0.3 is 0 Å². The van der Waals surface area contributed by atoms with Crippen molar-refractivity contribution in [3.8, 4) is 0 Å². The minimum atomic E-state index is -0.763. The lowest BCUT2D eigenvalue weighted by molar-refractivity contribution is -0.384. The van der Waals surface area contributed by atoms with Crippen LogP contribution >= 0.6 is 0 Å². The molecule has 0 aromatic heterocycles. The maximum Gasteiger partial charge on any atom is 0.269 e. The molecule has 3 aromatic rings. The number of anilines is 1. The maximum atomic E-state index is 13.0. The molecular weight excluding hydrogens is 464 g/mol. The third-order valence-electron chi connectivity index (χ3n) is 6.28. The topological polar surface area (TPSA) is 105 Å². The Morgan fingerprint density at radius 3 is 2.46 bits per heavy atom. The molecule has 9 heteroatoms. The first-order valence-corrected chi connectivity index (χ1v) is 12.9. The highest BCUT2D eigenvalue weighted by Gasteiger charge is 2.36. The Labute approximate surface area is 205 Å². The molecule has 1 amide bonds. The van der Waals surface area contributed by atoms with E-state index in [1.807, 2.05) is 54.6 Å². The summed E-state index contributed by atoms with van der Waals surface area (Å²) in [5.74, 6) is 0.404. The molecule has 178 valence electrons. The first kappa shape index (κ1) is 23.1. The maximum absolute atomic E-state index is 13.0. The summed E-state index contributed by atoms with van der Waals surface area (Å²) in [5.41, 5.74) is 4.18. The van der Waals surface area contributed by atoms with Crippen molar-refractivity contribution >= 4 is 39.5 Å². The number of fused-ring (bicyclic) bond motifs is 1. The number of nitro groups is 1. The molecule has 1 N–H and O–H groups in total. The number of nitrogens with one attached hydrogen (secondary N) is 1. The van der Waals surface area contributed by atoms with Gasteiger partial charge in [-0.2, -0.15) is 0 Å². The second kappa shape index (κ2) is 9.89. The van der Waals surface area contributed by atoms with E-state index < -0.39 is 21.6 Å². The Morgan fingerprint density at radius 1 is 1.06 bits per heavy atom. The van der Waals surface area contributed by atoms with Crippen LogP contribution in [0.2, 0.25) is 0 Å². The molecule has 35 heavy (non-hydrogen) atoms. The molecule has 5 rings (SSSR count). The first-order chi connectivity index (χ1) is 17.0. The van der Waals surface area contributed by atoms with Crippen molar-refractivity contribution in [1.29, 1.82) is 0 Å². The molecule has 1 saturated heterocycles. The Hall–Kier alpha value is -3.69. The van der Waals surface area contributed by atoms with Gasteiger partial charge in [-0.1, -0.05) is 42.5 Å². The zero-order chi connectivity index (χ0) is 24.4. The number of hydrogen-bond donors (Lipinski definition) is 1. The first-order valence-electron chi connectivity index (χ1n) is 11.4. The summed E-state index contributed by atoms with van der Waals surface area (Å²) in [7, 11) is -0.701. The average Bonchev–Trinajstić information content (AvgIpc) is 3.20. The summed E-state index contributed by atoms with van der Waals surface area (Å²) in [5, 5.41) is 14.2. The quantitative estimate of drug-likeness (QED) is 0.321. The lowest BCUT2D eigenvalue weighted by Crippen LogP contribution is -2.37. The van der Waals surface area contributed by atoms with E-state index in [-0.39, 0.29) is 11.6 Å². The van der Waals surface area contributed by atoms with Crippen LogP contribution in [0.4, 0.5) is 17.1 Å². The van der Waals surface area contributed by atoms with Crippen LogP contribution in [0.3, 0.4) is 0 Å². The number of non-ortho nitro benzene ring substituents is 1. The van der Waals surface area contributed by atoms with Crippen LogP contribution in [0.1, 0.15) is 22.6 Å². The number of aliphatic imine (C=N–C) groups is 1. The van der Waals surface area contributed by atoms with Gasteiger partial charge in [0.2, 0.25) is 5.91 Å². The zero-order valence-electron chi connectivity index (χ0n) is 18.9. The van der Waals surface area contributed by atoms with Crippen molar-refractivity contribution in [1.82, 2.24) is 4.90 Å². The highest BCUT2D eigenvalue weighted by Crippen LogP contribution is 2.38. The second-order valence-corrected chi connectivity index (χ2v) is 10.3. The van der Waals surface area contributed by atoms with Crippen LogP contribution in [-0.2, 0) is 22.1 Å². The van der Waals surface area contributed by atoms with Gasteiger partial charge in [0, 0.05) is 65.3 Å². The molecule has 1 atom stereocenters. The number of rotatable bonds is 6. The number of amides is 1. The monoisotopic (exact) mass is 488 g/mol. The minimum absolute atomic E-state index is 0.0661. The third kappa shape index (κ3) is 5.06. The smallest absolute Gasteiger partial charge is 0.269 e. The third-order valence-corrected chi connectivity index (χ3v) is 7.56. The highest BCUT2D eigenvalue weighted by atomic mass is 32.2. The summed E-state index contributed by atoms with van der Waals surface area (Å²) in [6, 6.07) is 21.7. The lowest BCUT2D eigenvalue weighted by Gasteiger charge is -2.26. The summed E-state index contributed by atoms with van der Waals surface area (Å²) in [6.45, 7) is 2.44. The largest absolute Gasteiger partial charge is 0.325 e. The normalized spacial score (nSPS) is 18.8. The van der Waals surface area contributed by atoms with Crippen LogP contribution in [0, 0.1) is 10.1 Å². The van der Waals surface area contributed by atoms with Crippen LogP contribution in [0.15, 0.2) is 77.8 Å². The SMILES string of the molecule is O=C1Nc2ccc([N+](=O)[O-])cc2C1C(=Nc1ccc(CN2CCS(=O)CC2)cc1)c1ccccc1. The fourth-order valence-electron chi connectivity index (χ4n) is 4.45. The van der Waals surface area contributed by atoms with E-state index in [2.05, 4.69) is 10.2 Å². The second-order valence-electron chi connectivity index (χ2n) is 8.60. The van der Waals surface area contributed by atoms with Gasteiger partial charge in [-0.25, -0.2) is 0 Å². The van der Waals surface area contributed by atoms with Gasteiger partial charge in [-0.15, -0.1) is 0 Å². The number of nitrogens with zero attached hydrogens (tertiary/aromatic N) is 3. The molecule has 1 unspecified atom stereocenters. The van der Waals surface area contributed by atoms with Crippen LogP contribution in [0.5, 0.6) is 0 Å². The summed E-state index contributed by atoms with van der Waals surface area (Å²) < 4.78 is 11.6. The number of nitro benzene ring substituents is 1. The van der Waals surface area contributed by atoms with E-state index in [0.717, 1.165) is 30.8 Å². The zero-order valence-corrected chi connectivity index (χ0v) is 19.7. The van der Waals surface area contributed by atoms with Gasteiger partial charge in [-0.3, -0.25) is 29.0 Å². The predicted octanol–water partition coefficient (Wildman–Crippen LogP) is 4.02. The Bertz CT molecular complexity index is 1310. The van der Waals surface area contributed by atoms with Crippen molar-refractivity contribution in [2.24, 2.45) is 4.99 Å². The van der Waals surface area contributed by atoms with Crippen molar-refractivity contribution in [3.63, 3.8) is 0 Å². The van der Waals surface area contributed by atoms with Crippen molar-refractivity contribution in [2.45, 2.75) is 12.5 Å². The summed E-state index contributed by atoms with van der Waals surface area (Å²) >= 11 is 0. The van der Waals surface area contributed by atoms with E-state index in [4.69, 9.17) is 4.99 Å². The number of hydrogen-bond acceptors (Lipinski definition) is 6. The van der Waals surface area contributed by atoms with Gasteiger partial charge in [0.1, 0.15) is 5.92 Å². The highest BCUT2D eigenvalue weighted by molar-refractivity contribution is 7.85. The molecule has 2 heterocycles. The van der Waals surface area contributed by atoms with E-state index in [1.54, 1.807) is 6.07 Å². The molecule has 0 saturated carbocycles. The van der Waals surface area contributed by atoms with Gasteiger partial charge in [-0.05, 0) is 29.3 Å². The number of benzene rings is 3. The minimum Gasteiger partial charge on any atom is -0.325 e. The molecular formula is C26H24N4O4S. The van der Waals surface area contributed by atoms with Gasteiger partial charge in [0.15, 0.2) is 0 Å². The summed E-state index contributed by atoms with van der Waals surface area (Å²) in [4.78, 5) is 31.1. The average molecular weight is 489 g/mol. The standard InChI is InChI=1S/C26H24N4O4S/c31-26-24(22-16-21(30(32)33)10-11-23(22)28-26)25(19-4-2-1-3-5-19)27-20-8-6-18(7-9-20)17-29-12-14-35(34)15-13-29/h1-11,16,24H,12-15,17H2,(H,28,31). The van der Waals surface area contributed by atoms with Crippen LogP contribution in [0.25, 0.3) is 0 Å². The van der Waals surface area contributed by atoms with E-state index in [1.165, 1.54) is 12.1 Å². The van der Waals surface area contributed by atoms with Crippen LogP contribution in [-0.4, -0.2) is 50.2 Å². The molecule has 3 aromatic carbocycles. The Balaban J connectivity index is 1.48. The molecule has 2 aliphatic heterocycles. The van der Waals surface area contributed by atoms with E-state index in [0.29, 0.717) is 34.2 Å². The molecule has 8 nitrogen and oxygen atoms in total. The fourth-order valence-corrected chi connectivity index (χ4v) is 5.57. The molecule has 0 radical (unpaired) electrons. The van der Waals surface area contributed by atoms with Gasteiger partial charge in [0.25, 0.3) is 5.69 Å². The van der Waals surface area contributed by atoms with Gasteiger partial charge in [0.05, 0.1) is 16.3 Å². The fraction of sp³-hybridized carbons (Fsp3) is 0.231. The van der Waals surface area contributed by atoms with Gasteiger partial charge < -0.3 is 5.32 Å². The lowest BCUT2D eigenvalue weighted by atomic mass is 9.90.